The predicted octanol–water partition coefficient (Wildman–Crippen LogP) is 4.64. The van der Waals surface area contributed by atoms with Crippen LogP contribution in [0.2, 0.25) is 0 Å². The topological polar surface area (TPSA) is 33.1 Å². The Bertz CT molecular complexity index is 721. The van der Waals surface area contributed by atoms with Crippen LogP contribution in [0, 0.1) is 5.82 Å². The second-order valence-corrected chi connectivity index (χ2v) is 6.74. The van der Waals surface area contributed by atoms with Crippen molar-refractivity contribution in [2.45, 2.75) is 22.3 Å². The normalized spacial score (nSPS) is 12.8. The third-order valence-electron chi connectivity index (χ3n) is 2.91. The predicted molar refractivity (Wildman–Crippen MR) is 80.8 cm³/mol. The molecule has 0 saturated carbocycles. The summed E-state index contributed by atoms with van der Waals surface area (Å²) in [5, 5.41) is 9.44. The van der Waals surface area contributed by atoms with Crippen LogP contribution in [0.5, 0.6) is 0 Å². The molecule has 0 aliphatic heterocycles. The molecule has 0 spiro atoms. The monoisotopic (exact) mass is 305 g/mol. The van der Waals surface area contributed by atoms with E-state index in [0.717, 1.165) is 14.6 Å². The number of hydrogen-bond donors (Lipinski definition) is 1. The van der Waals surface area contributed by atoms with Gasteiger partial charge in [0.1, 0.15) is 5.82 Å². The number of fused-ring (bicyclic) bond motifs is 1. The molecule has 2 nitrogen and oxygen atoms in total. The summed E-state index contributed by atoms with van der Waals surface area (Å²) in [6.07, 6.45) is -0.661. The number of para-hydroxylation sites is 1. The number of thiazole rings is 1. The van der Waals surface area contributed by atoms with E-state index in [4.69, 9.17) is 0 Å². The standard InChI is InChI=1S/C15H12FNOS2/c1-9(18)10-6-7-13(11(16)8-10)19-15-17-12-4-2-3-5-14(12)20-15/h2-9,18H,1H3/t9-/m0/s1. The first-order valence-corrected chi connectivity index (χ1v) is 7.78. The summed E-state index contributed by atoms with van der Waals surface area (Å²) in [5.41, 5.74) is 1.51. The molecule has 0 saturated heterocycles. The third-order valence-corrected chi connectivity index (χ3v) is 5.06. The van der Waals surface area contributed by atoms with Crippen LogP contribution in [0.3, 0.4) is 0 Å². The Balaban J connectivity index is 1.90. The molecule has 1 aromatic heterocycles. The fourth-order valence-corrected chi connectivity index (χ4v) is 3.88. The van der Waals surface area contributed by atoms with Crippen LogP contribution < -0.4 is 0 Å². The number of benzene rings is 2. The maximum absolute atomic E-state index is 14.0. The molecule has 0 bridgehead atoms. The van der Waals surface area contributed by atoms with E-state index in [1.54, 1.807) is 30.4 Å². The number of aromatic nitrogens is 1. The maximum Gasteiger partial charge on any atom is 0.156 e. The first kappa shape index (κ1) is 13.5. The maximum atomic E-state index is 14.0. The van der Waals surface area contributed by atoms with Crippen LogP contribution >= 0.6 is 23.1 Å². The van der Waals surface area contributed by atoms with Gasteiger partial charge in [0.05, 0.1) is 21.2 Å². The zero-order valence-corrected chi connectivity index (χ0v) is 12.3. The van der Waals surface area contributed by atoms with Gasteiger partial charge in [-0.3, -0.25) is 0 Å². The highest BCUT2D eigenvalue weighted by Gasteiger charge is 2.11. The zero-order valence-electron chi connectivity index (χ0n) is 10.7. The second-order valence-electron chi connectivity index (χ2n) is 4.42. The minimum absolute atomic E-state index is 0.326. The fraction of sp³-hybridized carbons (Fsp3) is 0.133. The zero-order chi connectivity index (χ0) is 14.1. The Labute approximate surface area is 124 Å². The van der Waals surface area contributed by atoms with Crippen LogP contribution in [0.1, 0.15) is 18.6 Å². The summed E-state index contributed by atoms with van der Waals surface area (Å²) < 4.78 is 15.9. The van der Waals surface area contributed by atoms with Gasteiger partial charge < -0.3 is 5.11 Å². The summed E-state index contributed by atoms with van der Waals surface area (Å²) >= 11 is 2.86. The SMILES string of the molecule is C[C@H](O)c1ccc(Sc2nc3ccccc3s2)c(F)c1. The molecule has 0 amide bonds. The van der Waals surface area contributed by atoms with Gasteiger partial charge in [-0.15, -0.1) is 11.3 Å². The number of aliphatic hydroxyl groups is 1. The van der Waals surface area contributed by atoms with Crippen molar-refractivity contribution in [1.29, 1.82) is 0 Å². The van der Waals surface area contributed by atoms with Crippen LogP contribution in [0.4, 0.5) is 4.39 Å². The molecule has 1 heterocycles. The van der Waals surface area contributed by atoms with Crippen molar-refractivity contribution in [2.24, 2.45) is 0 Å². The fourth-order valence-electron chi connectivity index (χ4n) is 1.85. The number of nitrogens with zero attached hydrogens (tertiary/aromatic N) is 1. The van der Waals surface area contributed by atoms with E-state index in [0.29, 0.717) is 10.5 Å². The molecule has 2 aromatic carbocycles. The van der Waals surface area contributed by atoms with E-state index in [-0.39, 0.29) is 5.82 Å². The van der Waals surface area contributed by atoms with Crippen LogP contribution in [0.15, 0.2) is 51.7 Å². The molecule has 20 heavy (non-hydrogen) atoms. The van der Waals surface area contributed by atoms with Gasteiger partial charge in [-0.1, -0.05) is 30.0 Å². The highest BCUT2D eigenvalue weighted by Crippen LogP contribution is 2.36. The minimum atomic E-state index is -0.661. The van der Waals surface area contributed by atoms with E-state index < -0.39 is 6.10 Å². The van der Waals surface area contributed by atoms with Gasteiger partial charge in [0.15, 0.2) is 4.34 Å². The molecule has 0 aliphatic rings. The Morgan fingerprint density at radius 2 is 2.05 bits per heavy atom. The highest BCUT2D eigenvalue weighted by atomic mass is 32.2. The molecule has 0 unspecified atom stereocenters. The highest BCUT2D eigenvalue weighted by molar-refractivity contribution is 8.01. The molecule has 3 aromatic rings. The quantitative estimate of drug-likeness (QED) is 0.765. The second kappa shape index (κ2) is 5.52. The Hall–Kier alpha value is -1.43. The first-order chi connectivity index (χ1) is 9.63. The molecule has 5 heteroatoms. The molecule has 0 aliphatic carbocycles. The third kappa shape index (κ3) is 2.70. The van der Waals surface area contributed by atoms with Gasteiger partial charge in [0.25, 0.3) is 0 Å². The smallest absolute Gasteiger partial charge is 0.156 e. The van der Waals surface area contributed by atoms with Gasteiger partial charge in [0.2, 0.25) is 0 Å². The molecular formula is C15H12FNOS2. The van der Waals surface area contributed by atoms with Gasteiger partial charge in [0, 0.05) is 0 Å². The largest absolute Gasteiger partial charge is 0.389 e. The van der Waals surface area contributed by atoms with Crippen molar-refractivity contribution in [1.82, 2.24) is 4.98 Å². The Morgan fingerprint density at radius 1 is 1.25 bits per heavy atom. The van der Waals surface area contributed by atoms with Gasteiger partial charge in [-0.2, -0.15) is 0 Å². The average Bonchev–Trinajstić information content (AvgIpc) is 2.83. The summed E-state index contributed by atoms with van der Waals surface area (Å²) in [6, 6.07) is 12.7. The average molecular weight is 305 g/mol. The Morgan fingerprint density at radius 3 is 2.75 bits per heavy atom. The molecule has 102 valence electrons. The molecule has 0 fully saturated rings. The summed E-state index contributed by atoms with van der Waals surface area (Å²) in [5.74, 6) is -0.326. The van der Waals surface area contributed by atoms with Gasteiger partial charge >= 0.3 is 0 Å². The lowest BCUT2D eigenvalue weighted by atomic mass is 10.1. The van der Waals surface area contributed by atoms with E-state index in [9.17, 15) is 9.50 Å². The number of hydrogen-bond acceptors (Lipinski definition) is 4. The molecule has 0 radical (unpaired) electrons. The van der Waals surface area contributed by atoms with Crippen LogP contribution in [-0.4, -0.2) is 10.1 Å². The van der Waals surface area contributed by atoms with Crippen molar-refractivity contribution in [3.8, 4) is 0 Å². The van der Waals surface area contributed by atoms with E-state index >= 15 is 0 Å². The van der Waals surface area contributed by atoms with E-state index in [1.165, 1.54) is 17.8 Å². The van der Waals surface area contributed by atoms with Gasteiger partial charge in [-0.05, 0) is 36.8 Å². The van der Waals surface area contributed by atoms with Crippen molar-refractivity contribution in [2.75, 3.05) is 0 Å². The Kier molecular flexibility index (Phi) is 3.74. The lowest BCUT2D eigenvalue weighted by Gasteiger charge is -2.06. The van der Waals surface area contributed by atoms with Crippen molar-refractivity contribution >= 4 is 33.3 Å². The number of halogens is 1. The minimum Gasteiger partial charge on any atom is -0.389 e. The summed E-state index contributed by atoms with van der Waals surface area (Å²) in [7, 11) is 0. The van der Waals surface area contributed by atoms with Crippen LogP contribution in [-0.2, 0) is 0 Å². The van der Waals surface area contributed by atoms with Crippen LogP contribution in [0.25, 0.3) is 10.2 Å². The van der Waals surface area contributed by atoms with Crippen molar-refractivity contribution < 1.29 is 9.50 Å². The number of rotatable bonds is 3. The number of aliphatic hydroxyl groups excluding tert-OH is 1. The van der Waals surface area contributed by atoms with Gasteiger partial charge in [-0.25, -0.2) is 9.37 Å². The lowest BCUT2D eigenvalue weighted by Crippen LogP contribution is -1.92. The summed E-state index contributed by atoms with van der Waals surface area (Å²) in [6.45, 7) is 1.62. The molecule has 1 N–H and O–H groups in total. The van der Waals surface area contributed by atoms with E-state index in [2.05, 4.69) is 4.98 Å². The first-order valence-electron chi connectivity index (χ1n) is 6.14. The molecule has 3 rings (SSSR count). The molecular weight excluding hydrogens is 293 g/mol. The lowest BCUT2D eigenvalue weighted by molar-refractivity contribution is 0.198. The van der Waals surface area contributed by atoms with Crippen molar-refractivity contribution in [3.05, 3.63) is 53.8 Å². The summed E-state index contributed by atoms with van der Waals surface area (Å²) in [4.78, 5) is 4.99. The van der Waals surface area contributed by atoms with E-state index in [1.807, 2.05) is 24.3 Å². The van der Waals surface area contributed by atoms with Crippen molar-refractivity contribution in [3.63, 3.8) is 0 Å². The molecule has 1 atom stereocenters.